The maximum absolute atomic E-state index is 12.5. The van der Waals surface area contributed by atoms with Crippen molar-refractivity contribution in [3.05, 3.63) is 23.5 Å². The first-order valence-corrected chi connectivity index (χ1v) is 7.06. The van der Waals surface area contributed by atoms with Gasteiger partial charge in [0.2, 0.25) is 0 Å². The second kappa shape index (κ2) is 7.85. The molecule has 1 amide bonds. The first-order valence-electron chi connectivity index (χ1n) is 7.06. The molecule has 0 atom stereocenters. The third-order valence-electron chi connectivity index (χ3n) is 3.07. The van der Waals surface area contributed by atoms with Gasteiger partial charge in [0.1, 0.15) is 0 Å². The van der Waals surface area contributed by atoms with E-state index in [9.17, 15) is 4.79 Å². The van der Waals surface area contributed by atoms with Gasteiger partial charge in [0, 0.05) is 38.6 Å². The Hall–Kier alpha value is -1.62. The smallest absolute Gasteiger partial charge is 0.257 e. The lowest BCUT2D eigenvalue weighted by atomic mass is 10.2. The first-order chi connectivity index (χ1) is 9.45. The van der Waals surface area contributed by atoms with Gasteiger partial charge in [0.25, 0.3) is 5.91 Å². The number of hydrogen-bond acceptors (Lipinski definition) is 4. The van der Waals surface area contributed by atoms with Crippen LogP contribution in [0.25, 0.3) is 0 Å². The van der Waals surface area contributed by atoms with E-state index >= 15 is 0 Å². The molecule has 0 radical (unpaired) electrons. The first kappa shape index (κ1) is 16.4. The van der Waals surface area contributed by atoms with Gasteiger partial charge in [-0.25, -0.2) is 0 Å². The van der Waals surface area contributed by atoms with Crippen LogP contribution < -0.4 is 5.32 Å². The van der Waals surface area contributed by atoms with Gasteiger partial charge in [-0.1, -0.05) is 6.92 Å². The van der Waals surface area contributed by atoms with Crippen molar-refractivity contribution in [1.29, 1.82) is 0 Å². The van der Waals surface area contributed by atoms with Gasteiger partial charge in [-0.05, 0) is 33.5 Å². The van der Waals surface area contributed by atoms with Crippen molar-refractivity contribution >= 4 is 11.6 Å². The van der Waals surface area contributed by atoms with Crippen LogP contribution in [0.5, 0.6) is 0 Å². The molecule has 0 aliphatic heterocycles. The Morgan fingerprint density at radius 1 is 1.30 bits per heavy atom. The molecular formula is C15H26N4O. The molecule has 5 heteroatoms. The summed E-state index contributed by atoms with van der Waals surface area (Å²) < 4.78 is 0. The predicted molar refractivity (Wildman–Crippen MR) is 83.3 cm³/mol. The van der Waals surface area contributed by atoms with Crippen LogP contribution in [0.1, 0.15) is 29.4 Å². The SMILES string of the molecule is CCCNc1cc(C)ncc1C(=O)N(C)CCN(C)C. The Morgan fingerprint density at radius 2 is 2.00 bits per heavy atom. The molecule has 5 nitrogen and oxygen atoms in total. The van der Waals surface area contributed by atoms with E-state index in [1.54, 1.807) is 11.1 Å². The molecule has 0 spiro atoms. The van der Waals surface area contributed by atoms with Gasteiger partial charge in [-0.2, -0.15) is 0 Å². The van der Waals surface area contributed by atoms with Crippen LogP contribution in [0, 0.1) is 6.92 Å². The standard InChI is InChI=1S/C15H26N4O/c1-6-7-16-14-10-12(2)17-11-13(14)15(20)19(5)9-8-18(3)4/h10-11H,6-9H2,1-5H3,(H,16,17). The maximum Gasteiger partial charge on any atom is 0.257 e. The van der Waals surface area contributed by atoms with Crippen LogP contribution in [0.3, 0.4) is 0 Å². The number of amides is 1. The van der Waals surface area contributed by atoms with Crippen molar-refractivity contribution in [2.75, 3.05) is 46.1 Å². The Morgan fingerprint density at radius 3 is 2.60 bits per heavy atom. The molecule has 0 unspecified atom stereocenters. The molecule has 0 aliphatic carbocycles. The van der Waals surface area contributed by atoms with Crippen molar-refractivity contribution in [3.8, 4) is 0 Å². The summed E-state index contributed by atoms with van der Waals surface area (Å²) in [6.45, 7) is 6.43. The lowest BCUT2D eigenvalue weighted by Crippen LogP contribution is -2.34. The number of aromatic nitrogens is 1. The Bertz CT molecular complexity index is 445. The number of carbonyl (C=O) groups excluding carboxylic acids is 1. The molecule has 0 bridgehead atoms. The van der Waals surface area contributed by atoms with Crippen LogP contribution in [0.15, 0.2) is 12.3 Å². The van der Waals surface area contributed by atoms with Gasteiger partial charge >= 0.3 is 0 Å². The average molecular weight is 278 g/mol. The van der Waals surface area contributed by atoms with Crippen LogP contribution >= 0.6 is 0 Å². The number of carbonyl (C=O) groups is 1. The van der Waals surface area contributed by atoms with E-state index in [0.29, 0.717) is 12.1 Å². The van der Waals surface area contributed by atoms with Crippen molar-refractivity contribution in [2.24, 2.45) is 0 Å². The molecule has 1 aromatic rings. The predicted octanol–water partition coefficient (Wildman–Crippen LogP) is 1.85. The topological polar surface area (TPSA) is 48.5 Å². The van der Waals surface area contributed by atoms with E-state index in [1.807, 2.05) is 34.1 Å². The van der Waals surface area contributed by atoms with Crippen LogP contribution in [-0.2, 0) is 0 Å². The van der Waals surface area contributed by atoms with Gasteiger partial charge in [-0.15, -0.1) is 0 Å². The molecule has 1 N–H and O–H groups in total. The van der Waals surface area contributed by atoms with E-state index < -0.39 is 0 Å². The van der Waals surface area contributed by atoms with E-state index in [1.165, 1.54) is 0 Å². The largest absolute Gasteiger partial charge is 0.384 e. The maximum atomic E-state index is 12.5. The monoisotopic (exact) mass is 278 g/mol. The number of pyridine rings is 1. The minimum atomic E-state index is 0.0120. The summed E-state index contributed by atoms with van der Waals surface area (Å²) >= 11 is 0. The summed E-state index contributed by atoms with van der Waals surface area (Å²) in [6, 6.07) is 1.93. The molecular weight excluding hydrogens is 252 g/mol. The van der Waals surface area contributed by atoms with Gasteiger partial charge in [-0.3, -0.25) is 9.78 Å². The second-order valence-corrected chi connectivity index (χ2v) is 5.33. The van der Waals surface area contributed by atoms with Crippen molar-refractivity contribution in [2.45, 2.75) is 20.3 Å². The summed E-state index contributed by atoms with van der Waals surface area (Å²) in [5.41, 5.74) is 2.43. The van der Waals surface area contributed by atoms with Crippen molar-refractivity contribution < 1.29 is 4.79 Å². The number of nitrogens with one attached hydrogen (secondary N) is 1. The molecule has 112 valence electrons. The van der Waals surface area contributed by atoms with Gasteiger partial charge < -0.3 is 15.1 Å². The molecule has 1 heterocycles. The summed E-state index contributed by atoms with van der Waals surface area (Å²) in [6.07, 6.45) is 2.69. The van der Waals surface area contributed by atoms with Crippen LogP contribution in [0.2, 0.25) is 0 Å². The van der Waals surface area contributed by atoms with Crippen molar-refractivity contribution in [3.63, 3.8) is 0 Å². The Balaban J connectivity index is 2.85. The third kappa shape index (κ3) is 4.81. The number of nitrogens with zero attached hydrogens (tertiary/aromatic N) is 3. The quantitative estimate of drug-likeness (QED) is 0.827. The number of hydrogen-bond donors (Lipinski definition) is 1. The Kier molecular flexibility index (Phi) is 6.45. The lowest BCUT2D eigenvalue weighted by Gasteiger charge is -2.21. The number of aryl methyl sites for hydroxylation is 1. The fourth-order valence-corrected chi connectivity index (χ4v) is 1.79. The van der Waals surface area contributed by atoms with Gasteiger partial charge in [0.05, 0.1) is 11.3 Å². The molecule has 20 heavy (non-hydrogen) atoms. The molecule has 0 aromatic carbocycles. The van der Waals surface area contributed by atoms with Crippen LogP contribution in [-0.4, -0.2) is 61.5 Å². The van der Waals surface area contributed by atoms with E-state index in [-0.39, 0.29) is 5.91 Å². The minimum Gasteiger partial charge on any atom is -0.384 e. The zero-order valence-electron chi connectivity index (χ0n) is 13.2. The van der Waals surface area contributed by atoms with Gasteiger partial charge in [0.15, 0.2) is 0 Å². The Labute approximate surface area is 122 Å². The van der Waals surface area contributed by atoms with Crippen LogP contribution in [0.4, 0.5) is 5.69 Å². The lowest BCUT2D eigenvalue weighted by molar-refractivity contribution is 0.0787. The zero-order valence-corrected chi connectivity index (χ0v) is 13.2. The third-order valence-corrected chi connectivity index (χ3v) is 3.07. The normalized spacial score (nSPS) is 10.7. The summed E-state index contributed by atoms with van der Waals surface area (Å²) in [5.74, 6) is 0.0120. The molecule has 0 fully saturated rings. The highest BCUT2D eigenvalue weighted by atomic mass is 16.2. The zero-order chi connectivity index (χ0) is 15.1. The van der Waals surface area contributed by atoms with E-state index in [4.69, 9.17) is 0 Å². The summed E-state index contributed by atoms with van der Waals surface area (Å²) in [7, 11) is 5.83. The summed E-state index contributed by atoms with van der Waals surface area (Å²) in [4.78, 5) is 20.5. The number of anilines is 1. The number of likely N-dealkylation sites (N-methyl/N-ethyl adjacent to an activating group) is 2. The second-order valence-electron chi connectivity index (χ2n) is 5.33. The average Bonchev–Trinajstić information content (AvgIpc) is 2.41. The molecule has 0 aliphatic rings. The minimum absolute atomic E-state index is 0.0120. The molecule has 1 rings (SSSR count). The highest BCUT2D eigenvalue weighted by molar-refractivity contribution is 5.99. The number of rotatable bonds is 7. The summed E-state index contributed by atoms with van der Waals surface area (Å²) in [5, 5.41) is 3.31. The molecule has 1 aromatic heterocycles. The van der Waals surface area contributed by atoms with Crippen molar-refractivity contribution in [1.82, 2.24) is 14.8 Å². The van der Waals surface area contributed by atoms with E-state index in [0.717, 1.165) is 30.9 Å². The fourth-order valence-electron chi connectivity index (χ4n) is 1.79. The highest BCUT2D eigenvalue weighted by Crippen LogP contribution is 2.17. The highest BCUT2D eigenvalue weighted by Gasteiger charge is 2.16. The molecule has 0 saturated heterocycles. The fraction of sp³-hybridized carbons (Fsp3) is 0.600. The van der Waals surface area contributed by atoms with E-state index in [2.05, 4.69) is 22.1 Å². The molecule has 0 saturated carbocycles.